The van der Waals surface area contributed by atoms with Crippen LogP contribution in [0.1, 0.15) is 41.7 Å². The summed E-state index contributed by atoms with van der Waals surface area (Å²) in [7, 11) is 1.33. The molecule has 0 atom stereocenters. The number of hydrogen-bond acceptors (Lipinski definition) is 6. The highest BCUT2D eigenvalue weighted by Gasteiger charge is 2.50. The van der Waals surface area contributed by atoms with Crippen molar-refractivity contribution < 1.29 is 19.1 Å². The highest BCUT2D eigenvalue weighted by Crippen LogP contribution is 2.45. The van der Waals surface area contributed by atoms with Crippen molar-refractivity contribution in [2.24, 2.45) is 5.73 Å². The molecule has 1 amide bonds. The van der Waals surface area contributed by atoms with Crippen molar-refractivity contribution in [3.8, 4) is 0 Å². The Morgan fingerprint density at radius 2 is 1.96 bits per heavy atom. The van der Waals surface area contributed by atoms with Gasteiger partial charge in [0.15, 0.2) is 0 Å². The SMILES string of the molecule is COC(=O)c1ccc(C2(NC(=O)C3(N)CCOCC3)CC2)nc1. The molecule has 2 fully saturated rings. The van der Waals surface area contributed by atoms with Crippen LogP contribution in [0.5, 0.6) is 0 Å². The number of nitrogens with two attached hydrogens (primary N) is 1. The first kappa shape index (κ1) is 15.9. The predicted octanol–water partition coefficient (Wildman–Crippen LogP) is 0.481. The lowest BCUT2D eigenvalue weighted by atomic mass is 9.89. The molecule has 0 radical (unpaired) electrons. The second-order valence-corrected chi connectivity index (χ2v) is 6.23. The fraction of sp³-hybridized carbons (Fsp3) is 0.562. The first-order chi connectivity index (χ1) is 11.0. The summed E-state index contributed by atoms with van der Waals surface area (Å²) in [5.74, 6) is -0.585. The van der Waals surface area contributed by atoms with Gasteiger partial charge in [0, 0.05) is 19.4 Å². The van der Waals surface area contributed by atoms with Crippen molar-refractivity contribution in [2.45, 2.75) is 36.8 Å². The van der Waals surface area contributed by atoms with E-state index in [1.54, 1.807) is 12.1 Å². The topological polar surface area (TPSA) is 104 Å². The first-order valence-electron chi connectivity index (χ1n) is 7.73. The molecule has 1 aliphatic carbocycles. The van der Waals surface area contributed by atoms with Gasteiger partial charge in [-0.1, -0.05) is 0 Å². The summed E-state index contributed by atoms with van der Waals surface area (Å²) in [6.07, 6.45) is 4.14. The predicted molar refractivity (Wildman–Crippen MR) is 81.6 cm³/mol. The van der Waals surface area contributed by atoms with Gasteiger partial charge in [0.1, 0.15) is 0 Å². The highest BCUT2D eigenvalue weighted by molar-refractivity contribution is 5.89. The van der Waals surface area contributed by atoms with E-state index in [1.807, 2.05) is 0 Å². The van der Waals surface area contributed by atoms with Crippen molar-refractivity contribution in [1.29, 1.82) is 0 Å². The maximum atomic E-state index is 12.6. The normalized spacial score (nSPS) is 21.3. The van der Waals surface area contributed by atoms with E-state index < -0.39 is 17.0 Å². The van der Waals surface area contributed by atoms with Gasteiger partial charge in [0.05, 0.1) is 29.4 Å². The maximum Gasteiger partial charge on any atom is 0.339 e. The fourth-order valence-electron chi connectivity index (χ4n) is 2.79. The molecule has 7 nitrogen and oxygen atoms in total. The average Bonchev–Trinajstić information content (AvgIpc) is 3.35. The lowest BCUT2D eigenvalue weighted by Crippen LogP contribution is -2.58. The molecule has 124 valence electrons. The van der Waals surface area contributed by atoms with Crippen LogP contribution in [0.3, 0.4) is 0 Å². The van der Waals surface area contributed by atoms with Gasteiger partial charge in [0.2, 0.25) is 5.91 Å². The van der Waals surface area contributed by atoms with Crippen LogP contribution < -0.4 is 11.1 Å². The number of methoxy groups -OCH3 is 1. The molecular formula is C16H21N3O4. The zero-order valence-electron chi connectivity index (χ0n) is 13.1. The number of rotatable bonds is 4. The lowest BCUT2D eigenvalue weighted by Gasteiger charge is -2.33. The molecule has 1 saturated carbocycles. The molecule has 1 aliphatic heterocycles. The van der Waals surface area contributed by atoms with Gasteiger partial charge in [-0.05, 0) is 37.8 Å². The second-order valence-electron chi connectivity index (χ2n) is 6.23. The van der Waals surface area contributed by atoms with Crippen LogP contribution in [-0.4, -0.2) is 42.7 Å². The van der Waals surface area contributed by atoms with Gasteiger partial charge >= 0.3 is 5.97 Å². The standard InChI is InChI=1S/C16H21N3O4/c1-22-13(20)11-2-3-12(18-10-11)16(4-5-16)19-14(21)15(17)6-8-23-9-7-15/h2-3,10H,4-9,17H2,1H3,(H,19,21). The van der Waals surface area contributed by atoms with Gasteiger partial charge in [-0.3, -0.25) is 9.78 Å². The Labute approximate surface area is 134 Å². The van der Waals surface area contributed by atoms with Gasteiger partial charge in [-0.2, -0.15) is 0 Å². The number of nitrogens with zero attached hydrogens (tertiary/aromatic N) is 1. The number of ether oxygens (including phenoxy) is 2. The molecule has 3 rings (SSSR count). The fourth-order valence-corrected chi connectivity index (χ4v) is 2.79. The summed E-state index contributed by atoms with van der Waals surface area (Å²) in [4.78, 5) is 28.4. The van der Waals surface area contributed by atoms with Gasteiger partial charge < -0.3 is 20.5 Å². The molecule has 2 heterocycles. The van der Waals surface area contributed by atoms with E-state index >= 15 is 0 Å². The summed E-state index contributed by atoms with van der Waals surface area (Å²) in [5.41, 5.74) is 6.02. The zero-order valence-corrected chi connectivity index (χ0v) is 13.1. The number of aromatic nitrogens is 1. The number of hydrogen-bond donors (Lipinski definition) is 2. The van der Waals surface area contributed by atoms with Crippen molar-refractivity contribution in [2.75, 3.05) is 20.3 Å². The Balaban J connectivity index is 1.72. The molecule has 0 aromatic carbocycles. The number of nitrogens with one attached hydrogen (secondary N) is 1. The van der Waals surface area contributed by atoms with Crippen molar-refractivity contribution in [1.82, 2.24) is 10.3 Å². The van der Waals surface area contributed by atoms with E-state index in [4.69, 9.17) is 10.5 Å². The van der Waals surface area contributed by atoms with Crippen LogP contribution in [0.15, 0.2) is 18.3 Å². The van der Waals surface area contributed by atoms with Crippen molar-refractivity contribution in [3.63, 3.8) is 0 Å². The lowest BCUT2D eigenvalue weighted by molar-refractivity contribution is -0.130. The molecule has 1 aromatic rings. The van der Waals surface area contributed by atoms with Gasteiger partial charge in [0.25, 0.3) is 0 Å². The van der Waals surface area contributed by atoms with E-state index in [1.165, 1.54) is 13.3 Å². The van der Waals surface area contributed by atoms with Crippen LogP contribution in [0.2, 0.25) is 0 Å². The minimum absolute atomic E-state index is 0.155. The van der Waals surface area contributed by atoms with Crippen LogP contribution in [0.25, 0.3) is 0 Å². The minimum atomic E-state index is -0.875. The van der Waals surface area contributed by atoms with Gasteiger partial charge in [-0.15, -0.1) is 0 Å². The first-order valence-corrected chi connectivity index (χ1v) is 7.73. The summed E-state index contributed by atoms with van der Waals surface area (Å²) >= 11 is 0. The number of carbonyl (C=O) groups is 2. The summed E-state index contributed by atoms with van der Waals surface area (Å²) < 4.78 is 9.93. The van der Waals surface area contributed by atoms with Crippen molar-refractivity contribution in [3.05, 3.63) is 29.6 Å². The number of esters is 1. The van der Waals surface area contributed by atoms with Crippen LogP contribution >= 0.6 is 0 Å². The number of amides is 1. The molecule has 0 bridgehead atoms. The molecule has 1 aromatic heterocycles. The Morgan fingerprint density at radius 3 is 2.48 bits per heavy atom. The molecule has 2 aliphatic rings. The highest BCUT2D eigenvalue weighted by atomic mass is 16.5. The van der Waals surface area contributed by atoms with E-state index in [-0.39, 0.29) is 5.91 Å². The largest absolute Gasteiger partial charge is 0.465 e. The molecule has 7 heteroatoms. The van der Waals surface area contributed by atoms with E-state index in [2.05, 4.69) is 15.0 Å². The molecule has 0 spiro atoms. The summed E-state index contributed by atoms with van der Waals surface area (Å²) in [6.45, 7) is 1.01. The third-order valence-electron chi connectivity index (χ3n) is 4.61. The van der Waals surface area contributed by atoms with E-state index in [0.717, 1.165) is 18.5 Å². The molecule has 3 N–H and O–H groups in total. The summed E-state index contributed by atoms with van der Waals surface area (Å²) in [5, 5.41) is 3.06. The average molecular weight is 319 g/mol. The Bertz CT molecular complexity index is 604. The van der Waals surface area contributed by atoms with E-state index in [0.29, 0.717) is 31.6 Å². The zero-order chi connectivity index (χ0) is 16.5. The molecular weight excluding hydrogens is 298 g/mol. The quantitative estimate of drug-likeness (QED) is 0.783. The third kappa shape index (κ3) is 3.07. The Hall–Kier alpha value is -1.99. The van der Waals surface area contributed by atoms with Crippen LogP contribution in [0.4, 0.5) is 0 Å². The Kier molecular flexibility index (Phi) is 4.08. The van der Waals surface area contributed by atoms with Crippen LogP contribution in [-0.2, 0) is 19.8 Å². The van der Waals surface area contributed by atoms with Crippen molar-refractivity contribution >= 4 is 11.9 Å². The third-order valence-corrected chi connectivity index (χ3v) is 4.61. The van der Waals surface area contributed by atoms with E-state index in [9.17, 15) is 9.59 Å². The smallest absolute Gasteiger partial charge is 0.339 e. The van der Waals surface area contributed by atoms with Crippen LogP contribution in [0, 0.1) is 0 Å². The minimum Gasteiger partial charge on any atom is -0.465 e. The molecule has 1 saturated heterocycles. The maximum absolute atomic E-state index is 12.6. The molecule has 23 heavy (non-hydrogen) atoms. The van der Waals surface area contributed by atoms with Gasteiger partial charge in [-0.25, -0.2) is 4.79 Å². The number of carbonyl (C=O) groups excluding carboxylic acids is 2. The second kappa shape index (κ2) is 5.90. The number of pyridine rings is 1. The summed E-state index contributed by atoms with van der Waals surface area (Å²) in [6, 6.07) is 3.42. The monoisotopic (exact) mass is 319 g/mol. The Morgan fingerprint density at radius 1 is 1.26 bits per heavy atom. The molecule has 0 unspecified atom stereocenters.